The first-order valence-electron chi connectivity index (χ1n) is 8.11. The first-order chi connectivity index (χ1) is 13.1. The van der Waals surface area contributed by atoms with E-state index < -0.39 is 23.6 Å². The normalized spacial score (nSPS) is 11.6. The molecular weight excluding hydrogens is 395 g/mol. The summed E-state index contributed by atoms with van der Waals surface area (Å²) in [5, 5.41) is 3.77. The molecule has 0 spiro atoms. The second-order valence-corrected chi connectivity index (χ2v) is 6.64. The molecule has 1 heterocycles. The second-order valence-electron chi connectivity index (χ2n) is 6.21. The number of hydrogen-bond acceptors (Lipinski definition) is 2. The topological polar surface area (TPSA) is 77.1 Å². The van der Waals surface area contributed by atoms with Crippen molar-refractivity contribution in [3.05, 3.63) is 69.9 Å². The number of alkyl halides is 3. The van der Waals surface area contributed by atoms with E-state index in [2.05, 4.69) is 5.32 Å². The molecule has 0 saturated heterocycles. The first kappa shape index (κ1) is 19.8. The van der Waals surface area contributed by atoms with Gasteiger partial charge in [-0.15, -0.1) is 0 Å². The summed E-state index contributed by atoms with van der Waals surface area (Å²) >= 11 is 5.96. The molecule has 5 nitrogen and oxygen atoms in total. The van der Waals surface area contributed by atoms with Gasteiger partial charge in [0.25, 0.3) is 5.91 Å². The Morgan fingerprint density at radius 3 is 2.50 bits per heavy atom. The molecule has 0 bridgehead atoms. The highest BCUT2D eigenvalue weighted by Crippen LogP contribution is 2.33. The van der Waals surface area contributed by atoms with E-state index >= 15 is 0 Å². The Balaban J connectivity index is 1.87. The number of aryl methyl sites for hydroxylation is 1. The van der Waals surface area contributed by atoms with Crippen LogP contribution in [-0.4, -0.2) is 16.4 Å². The molecule has 146 valence electrons. The Morgan fingerprint density at radius 2 is 1.86 bits per heavy atom. The van der Waals surface area contributed by atoms with E-state index in [1.807, 2.05) is 0 Å². The highest BCUT2D eigenvalue weighted by atomic mass is 35.5. The second kappa shape index (κ2) is 7.20. The fourth-order valence-corrected chi connectivity index (χ4v) is 3.10. The number of amides is 2. The molecule has 0 atom stereocenters. The van der Waals surface area contributed by atoms with E-state index in [0.717, 1.165) is 17.0 Å². The van der Waals surface area contributed by atoms with Gasteiger partial charge in [0.1, 0.15) is 5.69 Å². The Labute approximate surface area is 162 Å². The fourth-order valence-electron chi connectivity index (χ4n) is 2.93. The largest absolute Gasteiger partial charge is 0.416 e. The minimum absolute atomic E-state index is 0.173. The molecule has 3 aromatic rings. The smallest absolute Gasteiger partial charge is 0.366 e. The van der Waals surface area contributed by atoms with Crippen molar-refractivity contribution in [2.24, 2.45) is 12.8 Å². The average Bonchev–Trinajstić information content (AvgIpc) is 2.95. The van der Waals surface area contributed by atoms with Crippen molar-refractivity contribution in [1.29, 1.82) is 0 Å². The number of primary amides is 1. The summed E-state index contributed by atoms with van der Waals surface area (Å²) in [4.78, 5) is 23.7. The zero-order valence-electron chi connectivity index (χ0n) is 14.6. The lowest BCUT2D eigenvalue weighted by Crippen LogP contribution is -2.26. The number of hydrogen-bond donors (Lipinski definition) is 2. The van der Waals surface area contributed by atoms with Gasteiger partial charge in [0.15, 0.2) is 0 Å². The SMILES string of the molecule is Cn1c(C(=O)NCc2ccc(C(N)=O)cc2C(F)(F)F)cc2ccc(Cl)cc21. The van der Waals surface area contributed by atoms with Crippen LogP contribution in [0, 0.1) is 0 Å². The maximum atomic E-state index is 13.3. The van der Waals surface area contributed by atoms with Crippen LogP contribution in [0.15, 0.2) is 42.5 Å². The molecule has 0 aliphatic heterocycles. The number of aromatic nitrogens is 1. The Hall–Kier alpha value is -3.00. The summed E-state index contributed by atoms with van der Waals surface area (Å²) in [6.07, 6.45) is -4.69. The van der Waals surface area contributed by atoms with Gasteiger partial charge in [0.05, 0.1) is 5.56 Å². The van der Waals surface area contributed by atoms with Crippen LogP contribution in [-0.2, 0) is 19.8 Å². The van der Waals surface area contributed by atoms with Crippen molar-refractivity contribution < 1.29 is 22.8 Å². The molecule has 3 rings (SSSR count). The van der Waals surface area contributed by atoms with Crippen LogP contribution in [0.25, 0.3) is 10.9 Å². The van der Waals surface area contributed by atoms with Gasteiger partial charge in [-0.2, -0.15) is 13.2 Å². The third-order valence-electron chi connectivity index (χ3n) is 4.38. The van der Waals surface area contributed by atoms with Gasteiger partial charge in [0, 0.05) is 35.1 Å². The molecule has 3 N–H and O–H groups in total. The minimum atomic E-state index is -4.69. The molecule has 28 heavy (non-hydrogen) atoms. The predicted molar refractivity (Wildman–Crippen MR) is 99.1 cm³/mol. The Bertz CT molecular complexity index is 1090. The zero-order valence-corrected chi connectivity index (χ0v) is 15.4. The van der Waals surface area contributed by atoms with Crippen molar-refractivity contribution in [3.63, 3.8) is 0 Å². The van der Waals surface area contributed by atoms with Crippen molar-refractivity contribution in [3.8, 4) is 0 Å². The van der Waals surface area contributed by atoms with Crippen LogP contribution in [0.2, 0.25) is 5.02 Å². The van der Waals surface area contributed by atoms with Crippen molar-refractivity contribution in [2.75, 3.05) is 0 Å². The number of rotatable bonds is 4. The number of benzene rings is 2. The van der Waals surface area contributed by atoms with Crippen LogP contribution < -0.4 is 11.1 Å². The van der Waals surface area contributed by atoms with Crippen LogP contribution >= 0.6 is 11.6 Å². The van der Waals surface area contributed by atoms with Gasteiger partial charge >= 0.3 is 6.18 Å². The fraction of sp³-hybridized carbons (Fsp3) is 0.158. The summed E-state index contributed by atoms with van der Waals surface area (Å²) in [7, 11) is 1.66. The average molecular weight is 410 g/mol. The highest BCUT2D eigenvalue weighted by molar-refractivity contribution is 6.31. The lowest BCUT2D eigenvalue weighted by atomic mass is 10.0. The summed E-state index contributed by atoms with van der Waals surface area (Å²) in [6.45, 7) is -0.366. The summed E-state index contributed by atoms with van der Waals surface area (Å²) in [5.41, 5.74) is 4.60. The van der Waals surface area contributed by atoms with Crippen molar-refractivity contribution in [1.82, 2.24) is 9.88 Å². The number of nitrogens with one attached hydrogen (secondary N) is 1. The minimum Gasteiger partial charge on any atom is -0.366 e. The standard InChI is InChI=1S/C19H15ClF3N3O2/c1-26-15-8-13(20)5-4-10(15)7-16(26)18(28)25-9-12-3-2-11(17(24)27)6-14(12)19(21,22)23/h2-8H,9H2,1H3,(H2,24,27)(H,25,28). The lowest BCUT2D eigenvalue weighted by Gasteiger charge is -2.14. The van der Waals surface area contributed by atoms with E-state index in [1.54, 1.807) is 35.9 Å². The molecule has 0 radical (unpaired) electrons. The number of fused-ring (bicyclic) bond motifs is 1. The third kappa shape index (κ3) is 3.82. The molecular formula is C19H15ClF3N3O2. The van der Waals surface area contributed by atoms with Crippen LogP contribution in [0.4, 0.5) is 13.2 Å². The maximum Gasteiger partial charge on any atom is 0.416 e. The predicted octanol–water partition coefficient (Wildman–Crippen LogP) is 3.88. The van der Waals surface area contributed by atoms with Gasteiger partial charge in [-0.05, 0) is 35.9 Å². The van der Waals surface area contributed by atoms with Crippen molar-refractivity contribution >= 4 is 34.3 Å². The number of nitrogens with zero attached hydrogens (tertiary/aromatic N) is 1. The molecule has 0 unspecified atom stereocenters. The van der Waals surface area contributed by atoms with Crippen molar-refractivity contribution in [2.45, 2.75) is 12.7 Å². The van der Waals surface area contributed by atoms with E-state index in [4.69, 9.17) is 17.3 Å². The third-order valence-corrected chi connectivity index (χ3v) is 4.61. The monoisotopic (exact) mass is 409 g/mol. The lowest BCUT2D eigenvalue weighted by molar-refractivity contribution is -0.138. The van der Waals surface area contributed by atoms with E-state index in [-0.39, 0.29) is 23.4 Å². The summed E-state index contributed by atoms with van der Waals surface area (Å²) < 4.78 is 41.5. The van der Waals surface area contributed by atoms with Crippen LogP contribution in [0.3, 0.4) is 0 Å². The van der Waals surface area contributed by atoms with Gasteiger partial charge in [-0.25, -0.2) is 0 Å². The molecule has 1 aromatic heterocycles. The zero-order chi connectivity index (χ0) is 20.6. The van der Waals surface area contributed by atoms with Gasteiger partial charge in [-0.3, -0.25) is 9.59 Å². The number of carbonyl (C=O) groups excluding carboxylic acids is 2. The van der Waals surface area contributed by atoms with Crippen LogP contribution in [0.5, 0.6) is 0 Å². The first-order valence-corrected chi connectivity index (χ1v) is 8.49. The van der Waals surface area contributed by atoms with E-state index in [1.165, 1.54) is 6.07 Å². The van der Waals surface area contributed by atoms with Gasteiger partial charge in [-0.1, -0.05) is 23.7 Å². The summed E-state index contributed by atoms with van der Waals surface area (Å²) in [5.74, 6) is -1.50. The number of halogens is 4. The Morgan fingerprint density at radius 1 is 1.14 bits per heavy atom. The molecule has 2 amide bonds. The molecule has 9 heteroatoms. The quantitative estimate of drug-likeness (QED) is 0.686. The molecule has 0 fully saturated rings. The molecule has 0 aliphatic carbocycles. The number of nitrogens with two attached hydrogens (primary N) is 1. The molecule has 0 saturated carbocycles. The molecule has 0 aliphatic rings. The number of carbonyl (C=O) groups is 2. The van der Waals surface area contributed by atoms with Gasteiger partial charge in [0.2, 0.25) is 5.91 Å². The Kier molecular flexibility index (Phi) is 5.08. The maximum absolute atomic E-state index is 13.3. The van der Waals surface area contributed by atoms with E-state index in [0.29, 0.717) is 11.1 Å². The van der Waals surface area contributed by atoms with Gasteiger partial charge < -0.3 is 15.6 Å². The highest BCUT2D eigenvalue weighted by Gasteiger charge is 2.34. The summed E-state index contributed by atoms with van der Waals surface area (Å²) in [6, 6.07) is 9.75. The molecule has 2 aromatic carbocycles. The van der Waals surface area contributed by atoms with Crippen LogP contribution in [0.1, 0.15) is 32.0 Å². The van der Waals surface area contributed by atoms with E-state index in [9.17, 15) is 22.8 Å².